The van der Waals surface area contributed by atoms with Gasteiger partial charge in [0.1, 0.15) is 0 Å². The average Bonchev–Trinajstić information content (AvgIpc) is 2.70. The molecule has 2 aromatic carbocycles. The molecule has 0 fully saturated rings. The summed E-state index contributed by atoms with van der Waals surface area (Å²) in [5.74, 6) is 0. The minimum atomic E-state index is 0.684. The first-order valence-electron chi connectivity index (χ1n) is 9.64. The fraction of sp³-hybridized carbons (Fsp3) is 0.250. The van der Waals surface area contributed by atoms with E-state index < -0.39 is 0 Å². The van der Waals surface area contributed by atoms with E-state index in [0.717, 1.165) is 35.4 Å². The van der Waals surface area contributed by atoms with E-state index in [1.807, 2.05) is 74.5 Å². The van der Waals surface area contributed by atoms with Crippen LogP contribution in [0.25, 0.3) is 11.4 Å². The Morgan fingerprint density at radius 2 is 1.00 bits per heavy atom. The van der Waals surface area contributed by atoms with Crippen molar-refractivity contribution in [1.29, 1.82) is 0 Å². The molecular weight excluding hydrogens is 344 g/mol. The van der Waals surface area contributed by atoms with Gasteiger partial charge in [-0.3, -0.25) is 0 Å². The first-order chi connectivity index (χ1) is 13.4. The maximum Gasteiger partial charge on any atom is 0.0648 e. The van der Waals surface area contributed by atoms with Crippen LogP contribution >= 0.6 is 0 Å². The zero-order valence-electron chi connectivity index (χ0n) is 17.2. The summed E-state index contributed by atoms with van der Waals surface area (Å²) in [4.78, 5) is 0. The van der Waals surface area contributed by atoms with Gasteiger partial charge in [0, 0.05) is 11.4 Å². The van der Waals surface area contributed by atoms with Crippen LogP contribution in [0.3, 0.4) is 0 Å². The van der Waals surface area contributed by atoms with Crippen molar-refractivity contribution in [2.45, 2.75) is 40.5 Å². The first-order valence-corrected chi connectivity index (χ1v) is 9.64. The Kier molecular flexibility index (Phi) is 7.76. The SMILES string of the molecule is CCC(/C=C(/N)c1ccc(C)cc1)=N\N=C(\C=C(\N)c1ccc(C)cc1)CC. The Labute approximate surface area is 168 Å². The molecule has 146 valence electrons. The van der Waals surface area contributed by atoms with Gasteiger partial charge in [-0.25, -0.2) is 0 Å². The molecule has 2 aromatic rings. The molecule has 0 atom stereocenters. The summed E-state index contributed by atoms with van der Waals surface area (Å²) in [6.45, 7) is 8.18. The molecule has 0 aliphatic rings. The molecule has 2 rings (SSSR count). The monoisotopic (exact) mass is 374 g/mol. The standard InChI is InChI=1S/C24H30N4/c1-5-21(15-23(25)19-11-7-17(3)8-12-19)27-28-22(6-2)16-24(26)20-13-9-18(4)10-14-20/h7-16H,5-6,25-26H2,1-4H3/b23-15+,24-16+,27-21+,28-22+. The summed E-state index contributed by atoms with van der Waals surface area (Å²) < 4.78 is 0. The van der Waals surface area contributed by atoms with Gasteiger partial charge in [-0.2, -0.15) is 10.2 Å². The lowest BCUT2D eigenvalue weighted by Crippen LogP contribution is -2.03. The van der Waals surface area contributed by atoms with E-state index in [1.165, 1.54) is 11.1 Å². The van der Waals surface area contributed by atoms with Crippen molar-refractivity contribution in [1.82, 2.24) is 0 Å². The lowest BCUT2D eigenvalue weighted by Gasteiger charge is -2.04. The topological polar surface area (TPSA) is 76.8 Å². The summed E-state index contributed by atoms with van der Waals surface area (Å²) in [7, 11) is 0. The molecule has 0 amide bonds. The highest BCUT2D eigenvalue weighted by molar-refractivity contribution is 6.03. The second-order valence-electron chi connectivity index (χ2n) is 6.82. The van der Waals surface area contributed by atoms with Gasteiger partial charge in [0.25, 0.3) is 0 Å². The maximum atomic E-state index is 6.23. The van der Waals surface area contributed by atoms with Gasteiger partial charge in [0.2, 0.25) is 0 Å². The van der Waals surface area contributed by atoms with Gasteiger partial charge in [-0.15, -0.1) is 0 Å². The normalized spacial score (nSPS) is 13.7. The average molecular weight is 375 g/mol. The quantitative estimate of drug-likeness (QED) is 0.515. The Balaban J connectivity index is 2.24. The van der Waals surface area contributed by atoms with E-state index in [1.54, 1.807) is 0 Å². The van der Waals surface area contributed by atoms with Gasteiger partial charge >= 0.3 is 0 Å². The van der Waals surface area contributed by atoms with Crippen LogP contribution in [0.2, 0.25) is 0 Å². The number of nitrogens with zero attached hydrogens (tertiary/aromatic N) is 2. The van der Waals surface area contributed by atoms with Crippen LogP contribution in [0, 0.1) is 13.8 Å². The number of aryl methyl sites for hydroxylation is 2. The van der Waals surface area contributed by atoms with Crippen molar-refractivity contribution in [3.8, 4) is 0 Å². The molecule has 0 spiro atoms. The lowest BCUT2D eigenvalue weighted by atomic mass is 10.1. The molecular formula is C24H30N4. The molecule has 0 saturated carbocycles. The van der Waals surface area contributed by atoms with Gasteiger partial charge in [-0.05, 0) is 50.0 Å². The third-order valence-electron chi connectivity index (χ3n) is 4.45. The van der Waals surface area contributed by atoms with Gasteiger partial charge in [-0.1, -0.05) is 73.5 Å². The second-order valence-corrected chi connectivity index (χ2v) is 6.82. The summed E-state index contributed by atoms with van der Waals surface area (Å²) in [5, 5.41) is 8.81. The van der Waals surface area contributed by atoms with Crippen LogP contribution < -0.4 is 11.5 Å². The molecule has 4 N–H and O–H groups in total. The fourth-order valence-corrected chi connectivity index (χ4v) is 2.55. The highest BCUT2D eigenvalue weighted by Gasteiger charge is 2.01. The summed E-state index contributed by atoms with van der Waals surface area (Å²) >= 11 is 0. The number of benzene rings is 2. The zero-order chi connectivity index (χ0) is 20.5. The van der Waals surface area contributed by atoms with E-state index in [9.17, 15) is 0 Å². The number of hydrogen-bond donors (Lipinski definition) is 2. The minimum absolute atomic E-state index is 0.684. The summed E-state index contributed by atoms with van der Waals surface area (Å²) in [6, 6.07) is 16.2. The molecule has 0 aliphatic heterocycles. The lowest BCUT2D eigenvalue weighted by molar-refractivity contribution is 1.15. The first kappa shape index (κ1) is 21.2. The molecule has 4 heteroatoms. The third kappa shape index (κ3) is 6.23. The van der Waals surface area contributed by atoms with Crippen molar-refractivity contribution in [2.75, 3.05) is 0 Å². The number of rotatable bonds is 7. The van der Waals surface area contributed by atoms with Crippen molar-refractivity contribution >= 4 is 22.8 Å². The van der Waals surface area contributed by atoms with Crippen LogP contribution in [0.5, 0.6) is 0 Å². The summed E-state index contributed by atoms with van der Waals surface area (Å²) in [6.07, 6.45) is 5.25. The molecule has 0 heterocycles. The molecule has 0 saturated heterocycles. The zero-order valence-corrected chi connectivity index (χ0v) is 17.2. The molecule has 0 unspecified atom stereocenters. The number of hydrogen-bond acceptors (Lipinski definition) is 4. The van der Waals surface area contributed by atoms with E-state index in [-0.39, 0.29) is 0 Å². The largest absolute Gasteiger partial charge is 0.398 e. The van der Waals surface area contributed by atoms with Crippen LogP contribution in [0.15, 0.2) is 70.9 Å². The third-order valence-corrected chi connectivity index (χ3v) is 4.45. The molecule has 0 aromatic heterocycles. The van der Waals surface area contributed by atoms with Crippen LogP contribution in [-0.4, -0.2) is 11.4 Å². The maximum absolute atomic E-state index is 6.23. The second kappa shape index (κ2) is 10.3. The van der Waals surface area contributed by atoms with Gasteiger partial charge < -0.3 is 11.5 Å². The van der Waals surface area contributed by atoms with Crippen molar-refractivity contribution in [3.63, 3.8) is 0 Å². The molecule has 0 bridgehead atoms. The van der Waals surface area contributed by atoms with E-state index >= 15 is 0 Å². The Morgan fingerprint density at radius 1 is 0.679 bits per heavy atom. The Morgan fingerprint density at radius 3 is 1.29 bits per heavy atom. The van der Waals surface area contributed by atoms with Crippen LogP contribution in [0.1, 0.15) is 48.9 Å². The smallest absolute Gasteiger partial charge is 0.0648 e. The number of allylic oxidation sites excluding steroid dienone is 2. The summed E-state index contributed by atoms with van der Waals surface area (Å²) in [5.41, 5.74) is 19.8. The molecule has 0 radical (unpaired) electrons. The van der Waals surface area contributed by atoms with Crippen molar-refractivity contribution in [3.05, 3.63) is 82.9 Å². The van der Waals surface area contributed by atoms with Crippen LogP contribution in [0.4, 0.5) is 0 Å². The van der Waals surface area contributed by atoms with Gasteiger partial charge in [0.05, 0.1) is 11.4 Å². The predicted octanol–water partition coefficient (Wildman–Crippen LogP) is 5.22. The highest BCUT2D eigenvalue weighted by Crippen LogP contribution is 2.12. The number of nitrogens with two attached hydrogens (primary N) is 2. The molecule has 0 aliphatic carbocycles. The van der Waals surface area contributed by atoms with Crippen LogP contribution in [-0.2, 0) is 0 Å². The predicted molar refractivity (Wildman–Crippen MR) is 122 cm³/mol. The molecule has 28 heavy (non-hydrogen) atoms. The van der Waals surface area contributed by atoms with E-state index in [2.05, 4.69) is 24.1 Å². The minimum Gasteiger partial charge on any atom is -0.398 e. The Hall–Kier alpha value is -3.14. The van der Waals surface area contributed by atoms with E-state index in [0.29, 0.717) is 11.4 Å². The van der Waals surface area contributed by atoms with Gasteiger partial charge in [0.15, 0.2) is 0 Å². The molecule has 4 nitrogen and oxygen atoms in total. The fourth-order valence-electron chi connectivity index (χ4n) is 2.55. The Bertz CT molecular complexity index is 821. The van der Waals surface area contributed by atoms with E-state index in [4.69, 9.17) is 11.5 Å². The van der Waals surface area contributed by atoms with Crippen molar-refractivity contribution in [2.24, 2.45) is 21.7 Å². The highest BCUT2D eigenvalue weighted by atomic mass is 15.2. The van der Waals surface area contributed by atoms with Crippen molar-refractivity contribution < 1.29 is 0 Å².